The van der Waals surface area contributed by atoms with Crippen LogP contribution in [0.15, 0.2) is 6.33 Å². The van der Waals surface area contributed by atoms with Crippen LogP contribution >= 0.6 is 0 Å². The monoisotopic (exact) mass is 236 g/mol. The molecule has 1 aliphatic carbocycles. The molecule has 0 saturated heterocycles. The molecule has 0 aliphatic heterocycles. The number of hydrogen-bond acceptors (Lipinski definition) is 3. The number of aryl methyl sites for hydroxylation is 1. The molecule has 17 heavy (non-hydrogen) atoms. The van der Waals surface area contributed by atoms with E-state index in [2.05, 4.69) is 36.3 Å². The molecule has 96 valence electrons. The summed E-state index contributed by atoms with van der Waals surface area (Å²) < 4.78 is 1.99. The highest BCUT2D eigenvalue weighted by Crippen LogP contribution is 2.30. The average Bonchev–Trinajstić information content (AvgIpc) is 2.70. The van der Waals surface area contributed by atoms with Crippen LogP contribution in [0.3, 0.4) is 0 Å². The topological polar surface area (TPSA) is 42.7 Å². The third-order valence-electron chi connectivity index (χ3n) is 4.22. The summed E-state index contributed by atoms with van der Waals surface area (Å²) in [6.07, 6.45) is 5.67. The molecule has 1 aliphatic rings. The lowest BCUT2D eigenvalue weighted by Gasteiger charge is -2.34. The van der Waals surface area contributed by atoms with Gasteiger partial charge in [-0.05, 0) is 38.0 Å². The van der Waals surface area contributed by atoms with Crippen LogP contribution in [-0.2, 0) is 7.05 Å². The summed E-state index contributed by atoms with van der Waals surface area (Å²) in [5.41, 5.74) is 0. The number of nitrogens with zero attached hydrogens (tertiary/aromatic N) is 3. The molecule has 1 fully saturated rings. The van der Waals surface area contributed by atoms with Crippen molar-refractivity contribution in [2.45, 2.75) is 52.1 Å². The van der Waals surface area contributed by atoms with Crippen molar-refractivity contribution >= 4 is 0 Å². The molecule has 0 spiro atoms. The van der Waals surface area contributed by atoms with Gasteiger partial charge in [-0.25, -0.2) is 0 Å². The second-order valence-corrected chi connectivity index (χ2v) is 5.65. The largest absolute Gasteiger partial charge is 0.319 e. The quantitative estimate of drug-likeness (QED) is 0.875. The van der Waals surface area contributed by atoms with E-state index in [1.54, 1.807) is 6.33 Å². The Morgan fingerprint density at radius 2 is 2.12 bits per heavy atom. The Morgan fingerprint density at radius 1 is 1.35 bits per heavy atom. The van der Waals surface area contributed by atoms with Crippen LogP contribution in [0.25, 0.3) is 0 Å². The van der Waals surface area contributed by atoms with Crippen LogP contribution in [0.5, 0.6) is 0 Å². The Kier molecular flexibility index (Phi) is 3.82. The van der Waals surface area contributed by atoms with Gasteiger partial charge < -0.3 is 9.88 Å². The zero-order chi connectivity index (χ0) is 12.4. The fourth-order valence-corrected chi connectivity index (χ4v) is 2.81. The zero-order valence-corrected chi connectivity index (χ0v) is 11.3. The van der Waals surface area contributed by atoms with Crippen molar-refractivity contribution in [1.82, 2.24) is 20.1 Å². The summed E-state index contributed by atoms with van der Waals surface area (Å²) in [5.74, 6) is 2.72. The first kappa shape index (κ1) is 12.6. The smallest absolute Gasteiger partial charge is 0.149 e. The number of nitrogens with one attached hydrogen (secondary N) is 1. The third-order valence-corrected chi connectivity index (χ3v) is 4.22. The maximum atomic E-state index is 4.17. The minimum atomic E-state index is 0.285. The van der Waals surface area contributed by atoms with Gasteiger partial charge in [0.05, 0.1) is 6.04 Å². The molecular weight excluding hydrogens is 212 g/mol. The molecule has 0 bridgehead atoms. The first-order chi connectivity index (χ1) is 8.08. The minimum Gasteiger partial charge on any atom is -0.319 e. The fraction of sp³-hybridized carbons (Fsp3) is 0.846. The lowest BCUT2D eigenvalue weighted by Crippen LogP contribution is -2.38. The summed E-state index contributed by atoms with van der Waals surface area (Å²) in [6, 6.07) is 0.918. The van der Waals surface area contributed by atoms with E-state index in [9.17, 15) is 0 Å². The number of rotatable bonds is 3. The van der Waals surface area contributed by atoms with Crippen molar-refractivity contribution in [3.63, 3.8) is 0 Å². The molecule has 1 aromatic rings. The maximum absolute atomic E-state index is 4.17. The van der Waals surface area contributed by atoms with E-state index < -0.39 is 0 Å². The second kappa shape index (κ2) is 5.17. The molecule has 1 saturated carbocycles. The molecule has 1 aromatic heterocycles. The minimum absolute atomic E-state index is 0.285. The molecule has 4 nitrogen and oxygen atoms in total. The summed E-state index contributed by atoms with van der Waals surface area (Å²) >= 11 is 0. The van der Waals surface area contributed by atoms with Gasteiger partial charge in [0.25, 0.3) is 0 Å². The van der Waals surface area contributed by atoms with Gasteiger partial charge in [0.15, 0.2) is 0 Å². The van der Waals surface area contributed by atoms with Crippen molar-refractivity contribution < 1.29 is 0 Å². The molecule has 1 heterocycles. The van der Waals surface area contributed by atoms with Crippen molar-refractivity contribution in [2.75, 3.05) is 0 Å². The van der Waals surface area contributed by atoms with Crippen molar-refractivity contribution in [3.8, 4) is 0 Å². The SMILES string of the molecule is CC(NC1CCC(C)C(C)C1)c1nncn1C. The first-order valence-corrected chi connectivity index (χ1v) is 6.68. The van der Waals surface area contributed by atoms with Crippen molar-refractivity contribution in [1.29, 1.82) is 0 Å². The molecule has 0 amide bonds. The van der Waals surface area contributed by atoms with Crippen LogP contribution < -0.4 is 5.32 Å². The van der Waals surface area contributed by atoms with Gasteiger partial charge in [-0.3, -0.25) is 0 Å². The molecule has 4 unspecified atom stereocenters. The van der Waals surface area contributed by atoms with Crippen LogP contribution in [0.2, 0.25) is 0 Å². The Labute approximate surface area is 104 Å². The van der Waals surface area contributed by atoms with E-state index >= 15 is 0 Å². The summed E-state index contributed by atoms with van der Waals surface area (Å²) in [6.45, 7) is 6.91. The summed E-state index contributed by atoms with van der Waals surface area (Å²) in [4.78, 5) is 0. The zero-order valence-electron chi connectivity index (χ0n) is 11.3. The van der Waals surface area contributed by atoms with Gasteiger partial charge in [-0.1, -0.05) is 13.8 Å². The maximum Gasteiger partial charge on any atom is 0.149 e. The first-order valence-electron chi connectivity index (χ1n) is 6.68. The summed E-state index contributed by atoms with van der Waals surface area (Å²) in [5, 5.41) is 11.8. The van der Waals surface area contributed by atoms with Crippen LogP contribution in [0, 0.1) is 11.8 Å². The van der Waals surface area contributed by atoms with E-state index in [-0.39, 0.29) is 6.04 Å². The van der Waals surface area contributed by atoms with Gasteiger partial charge in [-0.15, -0.1) is 10.2 Å². The Balaban J connectivity index is 1.91. The predicted molar refractivity (Wildman–Crippen MR) is 68.5 cm³/mol. The lowest BCUT2D eigenvalue weighted by molar-refractivity contribution is 0.215. The van der Waals surface area contributed by atoms with E-state index in [0.29, 0.717) is 6.04 Å². The highest BCUT2D eigenvalue weighted by molar-refractivity contribution is 4.94. The molecule has 2 rings (SSSR count). The van der Waals surface area contributed by atoms with Gasteiger partial charge in [0.2, 0.25) is 0 Å². The predicted octanol–water partition coefficient (Wildman–Crippen LogP) is 2.29. The Bertz CT molecular complexity index is 360. The van der Waals surface area contributed by atoms with Crippen molar-refractivity contribution in [3.05, 3.63) is 12.2 Å². The van der Waals surface area contributed by atoms with Crippen LogP contribution in [0.1, 0.15) is 51.9 Å². The van der Waals surface area contributed by atoms with Gasteiger partial charge in [-0.2, -0.15) is 0 Å². The molecular formula is C13H24N4. The molecule has 4 atom stereocenters. The van der Waals surface area contributed by atoms with E-state index in [0.717, 1.165) is 17.7 Å². The van der Waals surface area contributed by atoms with Crippen LogP contribution in [0.4, 0.5) is 0 Å². The van der Waals surface area contributed by atoms with Gasteiger partial charge >= 0.3 is 0 Å². The summed E-state index contributed by atoms with van der Waals surface area (Å²) in [7, 11) is 2.00. The highest BCUT2D eigenvalue weighted by Gasteiger charge is 2.26. The standard InChI is InChI=1S/C13H24N4/c1-9-5-6-12(7-10(9)2)15-11(3)13-16-14-8-17(13)4/h8-12,15H,5-7H2,1-4H3. The molecule has 0 radical (unpaired) electrons. The average molecular weight is 236 g/mol. The fourth-order valence-electron chi connectivity index (χ4n) is 2.81. The molecule has 0 aromatic carbocycles. The van der Waals surface area contributed by atoms with Crippen molar-refractivity contribution in [2.24, 2.45) is 18.9 Å². The normalized spacial score (nSPS) is 31.4. The van der Waals surface area contributed by atoms with E-state index in [4.69, 9.17) is 0 Å². The molecule has 1 N–H and O–H groups in total. The number of hydrogen-bond donors (Lipinski definition) is 1. The van der Waals surface area contributed by atoms with E-state index in [1.165, 1.54) is 19.3 Å². The molecule has 4 heteroatoms. The van der Waals surface area contributed by atoms with Gasteiger partial charge in [0, 0.05) is 13.1 Å². The third kappa shape index (κ3) is 2.86. The lowest BCUT2D eigenvalue weighted by atomic mass is 9.79. The van der Waals surface area contributed by atoms with Gasteiger partial charge in [0.1, 0.15) is 12.2 Å². The van der Waals surface area contributed by atoms with E-state index in [1.807, 2.05) is 11.6 Å². The van der Waals surface area contributed by atoms with Crippen LogP contribution in [-0.4, -0.2) is 20.8 Å². The Morgan fingerprint density at radius 3 is 2.71 bits per heavy atom. The number of aromatic nitrogens is 3. The highest BCUT2D eigenvalue weighted by atomic mass is 15.3. The Hall–Kier alpha value is -0.900. The second-order valence-electron chi connectivity index (χ2n) is 5.65.